The Hall–Kier alpha value is -1.61. The first-order chi connectivity index (χ1) is 11.2. The molecule has 7 heteroatoms. The lowest BCUT2D eigenvalue weighted by molar-refractivity contribution is 0.114. The largest absolute Gasteiger partial charge is 0.376 e. The van der Waals surface area contributed by atoms with Crippen LogP contribution in [0.1, 0.15) is 18.4 Å². The van der Waals surface area contributed by atoms with E-state index in [1.807, 2.05) is 25.5 Å². The molecule has 130 valence electrons. The van der Waals surface area contributed by atoms with Gasteiger partial charge in [-0.25, -0.2) is 4.99 Å². The monoisotopic (exact) mass is 441 g/mol. The smallest absolute Gasteiger partial charge is 0.189 e. The van der Waals surface area contributed by atoms with Gasteiger partial charge in [-0.2, -0.15) is 5.10 Å². The van der Waals surface area contributed by atoms with Crippen LogP contribution >= 0.6 is 24.0 Å². The molecule has 2 heterocycles. The van der Waals surface area contributed by atoms with Crippen molar-refractivity contribution in [1.29, 1.82) is 0 Å². The molecule has 3 N–H and O–H groups in total. The molecular weight excluding hydrogens is 417 g/mol. The van der Waals surface area contributed by atoms with E-state index in [1.165, 1.54) is 0 Å². The molecule has 0 spiro atoms. The van der Waals surface area contributed by atoms with Crippen LogP contribution in [0.5, 0.6) is 0 Å². The van der Waals surface area contributed by atoms with E-state index in [0.29, 0.717) is 12.5 Å². The van der Waals surface area contributed by atoms with E-state index in [9.17, 15) is 0 Å². The summed E-state index contributed by atoms with van der Waals surface area (Å²) in [5, 5.41) is 7.34. The molecule has 1 fully saturated rings. The summed E-state index contributed by atoms with van der Waals surface area (Å²) in [6, 6.07) is 8.27. The Kier molecular flexibility index (Phi) is 7.04. The maximum atomic E-state index is 5.92. The van der Waals surface area contributed by atoms with Crippen LogP contribution in [-0.4, -0.2) is 35.0 Å². The predicted molar refractivity (Wildman–Crippen MR) is 106 cm³/mol. The molecule has 24 heavy (non-hydrogen) atoms. The molecule has 0 bridgehead atoms. The first-order valence-corrected chi connectivity index (χ1v) is 7.94. The van der Waals surface area contributed by atoms with Gasteiger partial charge >= 0.3 is 0 Å². The summed E-state index contributed by atoms with van der Waals surface area (Å²) in [6.07, 6.45) is 6.34. The molecule has 1 aromatic carbocycles. The predicted octanol–water partition coefficient (Wildman–Crippen LogP) is 2.29. The first kappa shape index (κ1) is 18.7. The molecule has 1 aromatic heterocycles. The standard InChI is InChI=1S/C17H23N5O.HI/c1-22-12-15(10-21-22)14-5-2-4-13(8-14)9-19-17(18)20-11-16-6-3-7-23-16;/h2,4-5,8,10,12,16H,3,6-7,9,11H2,1H3,(H3,18,19,20);1H. The molecule has 0 saturated carbocycles. The summed E-state index contributed by atoms with van der Waals surface area (Å²) in [6.45, 7) is 2.13. The van der Waals surface area contributed by atoms with Crippen LogP contribution < -0.4 is 11.1 Å². The van der Waals surface area contributed by atoms with Gasteiger partial charge in [-0.05, 0) is 30.0 Å². The van der Waals surface area contributed by atoms with Gasteiger partial charge in [0.25, 0.3) is 0 Å². The van der Waals surface area contributed by atoms with Crippen LogP contribution in [0.4, 0.5) is 0 Å². The van der Waals surface area contributed by atoms with Gasteiger partial charge in [-0.3, -0.25) is 4.68 Å². The quantitative estimate of drug-likeness (QED) is 0.424. The maximum absolute atomic E-state index is 5.92. The number of nitrogens with one attached hydrogen (secondary N) is 1. The minimum absolute atomic E-state index is 0. The third-order valence-electron chi connectivity index (χ3n) is 3.93. The molecular formula is C17H24IN5O. The van der Waals surface area contributed by atoms with Gasteiger partial charge in [-0.1, -0.05) is 18.2 Å². The van der Waals surface area contributed by atoms with Crippen LogP contribution in [0.3, 0.4) is 0 Å². The highest BCUT2D eigenvalue weighted by molar-refractivity contribution is 14.0. The van der Waals surface area contributed by atoms with Crippen LogP contribution in [0.15, 0.2) is 41.7 Å². The van der Waals surface area contributed by atoms with Crippen molar-refractivity contribution in [3.63, 3.8) is 0 Å². The maximum Gasteiger partial charge on any atom is 0.189 e. The lowest BCUT2D eigenvalue weighted by Crippen LogP contribution is -2.37. The Morgan fingerprint density at radius 1 is 1.46 bits per heavy atom. The van der Waals surface area contributed by atoms with E-state index >= 15 is 0 Å². The van der Waals surface area contributed by atoms with Crippen molar-refractivity contribution in [3.8, 4) is 11.1 Å². The average molecular weight is 441 g/mol. The van der Waals surface area contributed by atoms with Crippen molar-refractivity contribution in [3.05, 3.63) is 42.2 Å². The molecule has 1 aliphatic rings. The average Bonchev–Trinajstić information content (AvgIpc) is 3.23. The zero-order valence-corrected chi connectivity index (χ0v) is 16.1. The molecule has 1 atom stereocenters. The Morgan fingerprint density at radius 3 is 3.04 bits per heavy atom. The number of nitrogens with two attached hydrogens (primary N) is 1. The van der Waals surface area contributed by atoms with Gasteiger partial charge in [-0.15, -0.1) is 24.0 Å². The summed E-state index contributed by atoms with van der Waals surface area (Å²) >= 11 is 0. The number of ether oxygens (including phenoxy) is 1. The van der Waals surface area contributed by atoms with Crippen LogP contribution in [0, 0.1) is 0 Å². The third kappa shape index (κ3) is 5.20. The van der Waals surface area contributed by atoms with Gasteiger partial charge in [0.15, 0.2) is 5.96 Å². The summed E-state index contributed by atoms with van der Waals surface area (Å²) in [5.74, 6) is 0.465. The minimum Gasteiger partial charge on any atom is -0.376 e. The summed E-state index contributed by atoms with van der Waals surface area (Å²) in [7, 11) is 1.91. The second-order valence-corrected chi connectivity index (χ2v) is 5.82. The zero-order chi connectivity index (χ0) is 16.1. The number of rotatable bonds is 5. The fraction of sp³-hybridized carbons (Fsp3) is 0.412. The number of halogens is 1. The number of hydrogen-bond acceptors (Lipinski definition) is 3. The fourth-order valence-electron chi connectivity index (χ4n) is 2.68. The fourth-order valence-corrected chi connectivity index (χ4v) is 2.68. The molecule has 3 rings (SSSR count). The van der Waals surface area contributed by atoms with E-state index in [2.05, 4.69) is 33.6 Å². The van der Waals surface area contributed by atoms with Crippen molar-refractivity contribution < 1.29 is 4.74 Å². The number of hydrogen-bond donors (Lipinski definition) is 2. The van der Waals surface area contributed by atoms with Crippen LogP contribution in [-0.2, 0) is 18.3 Å². The number of benzene rings is 1. The van der Waals surface area contributed by atoms with E-state index in [4.69, 9.17) is 10.5 Å². The van der Waals surface area contributed by atoms with Crippen molar-refractivity contribution in [2.45, 2.75) is 25.5 Å². The second kappa shape index (κ2) is 9.03. The molecule has 1 aliphatic heterocycles. The van der Waals surface area contributed by atoms with Gasteiger partial charge in [0.1, 0.15) is 0 Å². The first-order valence-electron chi connectivity index (χ1n) is 7.94. The lowest BCUT2D eigenvalue weighted by atomic mass is 10.1. The second-order valence-electron chi connectivity index (χ2n) is 5.82. The number of nitrogens with zero attached hydrogens (tertiary/aromatic N) is 3. The summed E-state index contributed by atoms with van der Waals surface area (Å²) in [4.78, 5) is 4.40. The van der Waals surface area contributed by atoms with E-state index in [1.54, 1.807) is 4.68 Å². The number of aryl methyl sites for hydroxylation is 1. The van der Waals surface area contributed by atoms with Gasteiger partial charge in [0.2, 0.25) is 0 Å². The van der Waals surface area contributed by atoms with Gasteiger partial charge in [0.05, 0.1) is 18.8 Å². The Morgan fingerprint density at radius 2 is 2.33 bits per heavy atom. The van der Waals surface area contributed by atoms with E-state index < -0.39 is 0 Å². The zero-order valence-electron chi connectivity index (χ0n) is 13.8. The van der Waals surface area contributed by atoms with Crippen molar-refractivity contribution in [2.75, 3.05) is 13.2 Å². The molecule has 1 unspecified atom stereocenters. The van der Waals surface area contributed by atoms with E-state index in [0.717, 1.165) is 42.7 Å². The normalized spacial score (nSPS) is 17.5. The Labute approximate surface area is 159 Å². The lowest BCUT2D eigenvalue weighted by Gasteiger charge is -2.11. The summed E-state index contributed by atoms with van der Waals surface area (Å²) in [5.41, 5.74) is 9.28. The van der Waals surface area contributed by atoms with E-state index in [-0.39, 0.29) is 30.1 Å². The van der Waals surface area contributed by atoms with Crippen molar-refractivity contribution in [2.24, 2.45) is 17.8 Å². The number of guanidine groups is 1. The Balaban J connectivity index is 0.00000208. The Bertz CT molecular complexity index is 679. The molecule has 2 aromatic rings. The highest BCUT2D eigenvalue weighted by Crippen LogP contribution is 2.19. The molecule has 0 amide bonds. The highest BCUT2D eigenvalue weighted by Gasteiger charge is 2.14. The molecule has 1 saturated heterocycles. The number of aromatic nitrogens is 2. The van der Waals surface area contributed by atoms with Crippen LogP contribution in [0.25, 0.3) is 11.1 Å². The molecule has 6 nitrogen and oxygen atoms in total. The topological polar surface area (TPSA) is 77.5 Å². The minimum atomic E-state index is 0. The SMILES string of the molecule is Cn1cc(-c2cccc(CN=C(N)NCC3CCCO3)c2)cn1.I. The van der Waals surface area contributed by atoms with Crippen molar-refractivity contribution in [1.82, 2.24) is 15.1 Å². The highest BCUT2D eigenvalue weighted by atomic mass is 127. The van der Waals surface area contributed by atoms with Crippen LogP contribution in [0.2, 0.25) is 0 Å². The molecule has 0 radical (unpaired) electrons. The van der Waals surface area contributed by atoms with Crippen molar-refractivity contribution >= 4 is 29.9 Å². The third-order valence-corrected chi connectivity index (χ3v) is 3.93. The number of aliphatic imine (C=N–C) groups is 1. The van der Waals surface area contributed by atoms with Gasteiger partial charge in [0, 0.05) is 32.0 Å². The van der Waals surface area contributed by atoms with Gasteiger partial charge < -0.3 is 15.8 Å². The summed E-state index contributed by atoms with van der Waals surface area (Å²) < 4.78 is 7.35. The molecule has 0 aliphatic carbocycles.